The van der Waals surface area contributed by atoms with Gasteiger partial charge in [0.2, 0.25) is 5.91 Å². The number of aromatic nitrogens is 3. The highest BCUT2D eigenvalue weighted by Gasteiger charge is 2.42. The molecule has 4 aromatic rings. The van der Waals surface area contributed by atoms with Crippen LogP contribution in [-0.4, -0.2) is 39.3 Å². The summed E-state index contributed by atoms with van der Waals surface area (Å²) in [5, 5.41) is 6.97. The Bertz CT molecular complexity index is 1450. The first-order valence-electron chi connectivity index (χ1n) is 12.4. The average molecular weight is 527 g/mol. The second kappa shape index (κ2) is 10.7. The van der Waals surface area contributed by atoms with Crippen molar-refractivity contribution in [2.24, 2.45) is 0 Å². The van der Waals surface area contributed by atoms with Crippen molar-refractivity contribution in [2.75, 3.05) is 23.9 Å². The van der Waals surface area contributed by atoms with Crippen LogP contribution in [0.15, 0.2) is 73.1 Å². The maximum Gasteiger partial charge on any atom is 0.250 e. The Labute approximate surface area is 227 Å². The number of carbonyl (C=O) groups excluding carboxylic acids is 1. The fourth-order valence-electron chi connectivity index (χ4n) is 5.01. The van der Waals surface area contributed by atoms with E-state index in [-0.39, 0.29) is 24.6 Å². The molecular weight excluding hydrogens is 496 g/mol. The predicted octanol–water partition coefficient (Wildman–Crippen LogP) is 4.95. The molecule has 0 spiro atoms. The number of thiocarbonyl (C=S) groups is 1. The van der Waals surface area contributed by atoms with Gasteiger partial charge in [-0.05, 0) is 92.6 Å². The van der Waals surface area contributed by atoms with Crippen molar-refractivity contribution in [2.45, 2.75) is 32.9 Å². The summed E-state index contributed by atoms with van der Waals surface area (Å²) >= 11 is 5.89. The maximum atomic E-state index is 12.0. The molecule has 1 amide bonds. The molecule has 1 fully saturated rings. The van der Waals surface area contributed by atoms with E-state index in [1.165, 1.54) is 7.11 Å². The minimum Gasteiger partial charge on any atom is -0.375 e. The number of rotatable bonds is 7. The van der Waals surface area contributed by atoms with Gasteiger partial charge in [0.1, 0.15) is 12.4 Å². The van der Waals surface area contributed by atoms with E-state index in [2.05, 4.69) is 56.0 Å². The van der Waals surface area contributed by atoms with Crippen LogP contribution in [0.25, 0.3) is 5.82 Å². The molecule has 2 atom stereocenters. The molecule has 0 bridgehead atoms. The number of carbonyl (C=O) groups is 1. The van der Waals surface area contributed by atoms with Gasteiger partial charge in [-0.3, -0.25) is 9.78 Å². The Morgan fingerprint density at radius 2 is 1.87 bits per heavy atom. The van der Waals surface area contributed by atoms with E-state index in [1.807, 2.05) is 61.7 Å². The SMILES string of the molecule is COCC(=O)Nc1ccc(N2C(=S)N[C@@H](c3ccccn3)[C@H]2c2cc(C)n(-c3ccc(C)cn3)c2C)cc1. The first kappa shape index (κ1) is 25.6. The minimum atomic E-state index is -0.205. The van der Waals surface area contributed by atoms with Gasteiger partial charge in [0.25, 0.3) is 0 Å². The lowest BCUT2D eigenvalue weighted by Gasteiger charge is -2.28. The molecule has 8 nitrogen and oxygen atoms in total. The minimum absolute atomic E-state index is 0.00116. The Morgan fingerprint density at radius 3 is 2.53 bits per heavy atom. The van der Waals surface area contributed by atoms with Crippen LogP contribution in [0.3, 0.4) is 0 Å². The van der Waals surface area contributed by atoms with E-state index in [4.69, 9.17) is 17.0 Å². The molecule has 0 saturated carbocycles. The van der Waals surface area contributed by atoms with E-state index < -0.39 is 0 Å². The van der Waals surface area contributed by atoms with E-state index >= 15 is 0 Å². The fraction of sp³-hybridized carbons (Fsp3) is 0.241. The third-order valence-electron chi connectivity index (χ3n) is 6.72. The van der Waals surface area contributed by atoms with E-state index in [1.54, 1.807) is 6.20 Å². The molecule has 2 N–H and O–H groups in total. The topological polar surface area (TPSA) is 84.3 Å². The van der Waals surface area contributed by atoms with Gasteiger partial charge in [0, 0.05) is 42.3 Å². The summed E-state index contributed by atoms with van der Waals surface area (Å²) in [6.45, 7) is 6.25. The van der Waals surface area contributed by atoms with Crippen LogP contribution < -0.4 is 15.5 Å². The number of nitrogens with zero attached hydrogens (tertiary/aromatic N) is 4. The highest BCUT2D eigenvalue weighted by molar-refractivity contribution is 7.80. The second-order valence-electron chi connectivity index (χ2n) is 9.38. The number of aryl methyl sites for hydroxylation is 2. The number of methoxy groups -OCH3 is 1. The van der Waals surface area contributed by atoms with Crippen molar-refractivity contribution in [3.8, 4) is 5.82 Å². The lowest BCUT2D eigenvalue weighted by Crippen LogP contribution is -2.29. The van der Waals surface area contributed by atoms with Crippen molar-refractivity contribution >= 4 is 34.6 Å². The summed E-state index contributed by atoms with van der Waals surface area (Å²) in [6.07, 6.45) is 3.69. The molecule has 4 heterocycles. The van der Waals surface area contributed by atoms with Gasteiger partial charge < -0.3 is 24.8 Å². The summed E-state index contributed by atoms with van der Waals surface area (Å²) in [7, 11) is 1.49. The van der Waals surface area contributed by atoms with Gasteiger partial charge in [-0.2, -0.15) is 0 Å². The smallest absolute Gasteiger partial charge is 0.250 e. The number of hydrogen-bond acceptors (Lipinski definition) is 5. The Kier molecular flexibility index (Phi) is 7.22. The van der Waals surface area contributed by atoms with Gasteiger partial charge in [0.15, 0.2) is 5.11 Å². The van der Waals surface area contributed by atoms with Gasteiger partial charge >= 0.3 is 0 Å². The van der Waals surface area contributed by atoms with Crippen LogP contribution in [-0.2, 0) is 9.53 Å². The number of pyridine rings is 2. The number of hydrogen-bond donors (Lipinski definition) is 2. The monoisotopic (exact) mass is 526 g/mol. The zero-order valence-corrected chi connectivity index (χ0v) is 22.6. The third-order valence-corrected chi connectivity index (χ3v) is 7.03. The molecule has 1 saturated heterocycles. The zero-order valence-electron chi connectivity index (χ0n) is 21.8. The maximum absolute atomic E-state index is 12.0. The summed E-state index contributed by atoms with van der Waals surface area (Å²) in [5.74, 6) is 0.673. The molecule has 9 heteroatoms. The lowest BCUT2D eigenvalue weighted by molar-refractivity contribution is -0.119. The van der Waals surface area contributed by atoms with Crippen molar-refractivity contribution in [3.05, 3.63) is 101 Å². The molecule has 0 radical (unpaired) electrons. The van der Waals surface area contributed by atoms with E-state index in [0.29, 0.717) is 10.8 Å². The highest BCUT2D eigenvalue weighted by atomic mass is 32.1. The molecule has 5 rings (SSSR count). The molecule has 38 heavy (non-hydrogen) atoms. The summed E-state index contributed by atoms with van der Waals surface area (Å²) < 4.78 is 7.09. The first-order valence-corrected chi connectivity index (χ1v) is 12.8. The fourth-order valence-corrected chi connectivity index (χ4v) is 5.36. The van der Waals surface area contributed by atoms with Gasteiger partial charge in [-0.25, -0.2) is 4.98 Å². The van der Waals surface area contributed by atoms with Crippen LogP contribution in [0.2, 0.25) is 0 Å². The molecule has 3 aromatic heterocycles. The van der Waals surface area contributed by atoms with Crippen LogP contribution in [0.1, 0.15) is 40.3 Å². The first-order chi connectivity index (χ1) is 18.4. The molecule has 1 aromatic carbocycles. The average Bonchev–Trinajstić information content (AvgIpc) is 3.41. The van der Waals surface area contributed by atoms with Gasteiger partial charge in [-0.1, -0.05) is 12.1 Å². The summed E-state index contributed by atoms with van der Waals surface area (Å²) in [5.41, 5.74) is 6.93. The Morgan fingerprint density at radius 1 is 1.08 bits per heavy atom. The Hall–Kier alpha value is -4.08. The third kappa shape index (κ3) is 4.90. The van der Waals surface area contributed by atoms with Crippen LogP contribution >= 0.6 is 12.2 Å². The summed E-state index contributed by atoms with van der Waals surface area (Å²) in [6, 6.07) is 19.6. The normalized spacial score (nSPS) is 16.9. The predicted molar refractivity (Wildman–Crippen MR) is 153 cm³/mol. The van der Waals surface area contributed by atoms with Crippen LogP contribution in [0, 0.1) is 20.8 Å². The number of anilines is 2. The van der Waals surface area contributed by atoms with Crippen LogP contribution in [0.4, 0.5) is 11.4 Å². The number of amides is 1. The van der Waals surface area contributed by atoms with Crippen molar-refractivity contribution < 1.29 is 9.53 Å². The lowest BCUT2D eigenvalue weighted by atomic mass is 9.96. The molecule has 0 unspecified atom stereocenters. The van der Waals surface area contributed by atoms with E-state index in [0.717, 1.165) is 39.7 Å². The number of ether oxygens (including phenoxy) is 1. The standard InChI is InChI=1S/C29H30N6O2S/c1-18-8-13-25(31-16-18)34-19(2)15-23(20(34)3)28-27(24-7-5-6-14-30-24)33-29(38)35(28)22-11-9-21(10-12-22)32-26(36)17-37-4/h5-16,27-28H,17H2,1-4H3,(H,32,36)(H,33,38)/t27-,28+/m0/s1. The zero-order chi connectivity index (χ0) is 26.8. The molecule has 1 aliphatic rings. The van der Waals surface area contributed by atoms with Crippen molar-refractivity contribution in [3.63, 3.8) is 0 Å². The van der Waals surface area contributed by atoms with Crippen molar-refractivity contribution in [1.29, 1.82) is 0 Å². The van der Waals surface area contributed by atoms with Gasteiger partial charge in [0.05, 0.1) is 17.8 Å². The molecule has 1 aliphatic heterocycles. The molecule has 0 aliphatic carbocycles. The van der Waals surface area contributed by atoms with E-state index in [9.17, 15) is 4.79 Å². The molecule has 194 valence electrons. The number of nitrogens with one attached hydrogen (secondary N) is 2. The highest BCUT2D eigenvalue weighted by Crippen LogP contribution is 2.43. The largest absolute Gasteiger partial charge is 0.375 e. The molecular formula is C29H30N6O2S. The van der Waals surface area contributed by atoms with Crippen molar-refractivity contribution in [1.82, 2.24) is 19.9 Å². The summed E-state index contributed by atoms with van der Waals surface area (Å²) in [4.78, 5) is 23.4. The quantitative estimate of drug-likeness (QED) is 0.330. The number of benzene rings is 1. The van der Waals surface area contributed by atoms with Gasteiger partial charge in [-0.15, -0.1) is 0 Å². The second-order valence-corrected chi connectivity index (χ2v) is 9.77. The Balaban J connectivity index is 1.57. The van der Waals surface area contributed by atoms with Crippen LogP contribution in [0.5, 0.6) is 0 Å².